The number of aromatic nitrogens is 2. The second-order valence-electron chi connectivity index (χ2n) is 7.60. The third-order valence-corrected chi connectivity index (χ3v) is 5.31. The molecular weight excluding hydrogens is 318 g/mol. The van der Waals surface area contributed by atoms with Crippen LogP contribution in [-0.2, 0) is 16.0 Å². The van der Waals surface area contributed by atoms with E-state index in [9.17, 15) is 9.90 Å². The topological polar surface area (TPSA) is 75.5 Å². The summed E-state index contributed by atoms with van der Waals surface area (Å²) in [5.74, 6) is 0.278. The molecule has 1 aromatic heterocycles. The third-order valence-electron chi connectivity index (χ3n) is 5.31. The first-order chi connectivity index (χ1) is 12.0. The molecule has 0 aromatic carbocycles. The predicted molar refractivity (Wildman–Crippen MR) is 94.0 cm³/mol. The van der Waals surface area contributed by atoms with E-state index in [4.69, 9.17) is 4.74 Å². The average molecular weight is 347 g/mol. The van der Waals surface area contributed by atoms with Crippen LogP contribution < -0.4 is 0 Å². The van der Waals surface area contributed by atoms with Gasteiger partial charge in [0.25, 0.3) is 0 Å². The summed E-state index contributed by atoms with van der Waals surface area (Å²) in [5, 5.41) is 10.7. The number of aliphatic hydroxyl groups is 1. The number of nitrogens with zero attached hydrogens (tertiary/aromatic N) is 3. The van der Waals surface area contributed by atoms with Crippen LogP contribution in [0.2, 0.25) is 0 Å². The van der Waals surface area contributed by atoms with Gasteiger partial charge in [-0.05, 0) is 32.3 Å². The Bertz CT molecular complexity index is 587. The smallest absolute Gasteiger partial charge is 0.225 e. The molecule has 0 radical (unpaired) electrons. The number of hydrogen-bond acceptors (Lipinski definition) is 5. The second kappa shape index (κ2) is 8.23. The molecular formula is C19H29N3O3. The van der Waals surface area contributed by atoms with Gasteiger partial charge in [-0.25, -0.2) is 9.97 Å². The fraction of sp³-hybridized carbons (Fsp3) is 0.737. The minimum Gasteiger partial charge on any atom is -0.389 e. The second-order valence-corrected chi connectivity index (χ2v) is 7.60. The maximum Gasteiger partial charge on any atom is 0.225 e. The van der Waals surface area contributed by atoms with E-state index >= 15 is 0 Å². The SMILES string of the molecule is Cc1cc(CC2COCCN(C(=O)CC3(O)CCCCC3)C2)ncn1. The number of ether oxygens (including phenoxy) is 1. The summed E-state index contributed by atoms with van der Waals surface area (Å²) in [4.78, 5) is 23.1. The molecule has 25 heavy (non-hydrogen) atoms. The van der Waals surface area contributed by atoms with Crippen molar-refractivity contribution in [3.63, 3.8) is 0 Å². The largest absolute Gasteiger partial charge is 0.389 e. The number of hydrogen-bond donors (Lipinski definition) is 1. The number of carbonyl (C=O) groups excluding carboxylic acids is 1. The summed E-state index contributed by atoms with van der Waals surface area (Å²) in [6, 6.07) is 1.99. The minimum atomic E-state index is -0.804. The monoisotopic (exact) mass is 347 g/mol. The molecule has 1 unspecified atom stereocenters. The van der Waals surface area contributed by atoms with E-state index in [1.54, 1.807) is 6.33 Å². The van der Waals surface area contributed by atoms with E-state index in [1.165, 1.54) is 0 Å². The van der Waals surface area contributed by atoms with Crippen LogP contribution in [-0.4, -0.2) is 57.8 Å². The molecule has 2 aliphatic rings. The van der Waals surface area contributed by atoms with Crippen LogP contribution in [0.1, 0.15) is 49.9 Å². The molecule has 3 rings (SSSR count). The highest BCUT2D eigenvalue weighted by Crippen LogP contribution is 2.31. The molecule has 6 heteroatoms. The normalized spacial score (nSPS) is 23.9. The molecule has 1 aliphatic carbocycles. The van der Waals surface area contributed by atoms with Gasteiger partial charge >= 0.3 is 0 Å². The quantitative estimate of drug-likeness (QED) is 0.900. The van der Waals surface area contributed by atoms with Crippen LogP contribution in [0.3, 0.4) is 0 Å². The minimum absolute atomic E-state index is 0.0544. The maximum absolute atomic E-state index is 12.8. The van der Waals surface area contributed by atoms with E-state index in [0.717, 1.165) is 49.9 Å². The predicted octanol–water partition coefficient (Wildman–Crippen LogP) is 1.89. The maximum atomic E-state index is 12.8. The fourth-order valence-electron chi connectivity index (χ4n) is 3.93. The van der Waals surface area contributed by atoms with E-state index < -0.39 is 5.60 Å². The molecule has 1 aliphatic heterocycles. The lowest BCUT2D eigenvalue weighted by Gasteiger charge is -2.34. The summed E-state index contributed by atoms with van der Waals surface area (Å²) in [6.07, 6.45) is 7.28. The Hall–Kier alpha value is -1.53. The zero-order valence-corrected chi connectivity index (χ0v) is 15.1. The fourth-order valence-corrected chi connectivity index (χ4v) is 3.93. The molecule has 6 nitrogen and oxygen atoms in total. The summed E-state index contributed by atoms with van der Waals surface area (Å²) in [5.41, 5.74) is 1.13. The third kappa shape index (κ3) is 5.22. The molecule has 0 bridgehead atoms. The summed E-state index contributed by atoms with van der Waals surface area (Å²) in [7, 11) is 0. The zero-order chi connectivity index (χ0) is 17.7. The van der Waals surface area contributed by atoms with Crippen molar-refractivity contribution >= 4 is 5.91 Å². The summed E-state index contributed by atoms with van der Waals surface area (Å²) < 4.78 is 5.71. The van der Waals surface area contributed by atoms with Crippen molar-refractivity contribution < 1.29 is 14.6 Å². The molecule has 138 valence electrons. The number of rotatable bonds is 4. The van der Waals surface area contributed by atoms with Crippen LogP contribution in [0.4, 0.5) is 0 Å². The molecule has 1 saturated heterocycles. The molecule has 2 fully saturated rings. The van der Waals surface area contributed by atoms with Crippen molar-refractivity contribution in [2.24, 2.45) is 5.92 Å². The molecule has 2 heterocycles. The Morgan fingerprint density at radius 3 is 2.92 bits per heavy atom. The van der Waals surface area contributed by atoms with E-state index in [1.807, 2.05) is 17.9 Å². The van der Waals surface area contributed by atoms with Gasteiger partial charge in [-0.3, -0.25) is 4.79 Å². The van der Waals surface area contributed by atoms with Crippen molar-refractivity contribution in [2.75, 3.05) is 26.3 Å². The standard InChI is InChI=1S/C19H29N3O3/c1-15-9-17(21-14-20-15)10-16-12-22(7-8-25-13-16)18(23)11-19(24)5-3-2-4-6-19/h9,14,16,24H,2-8,10-13H2,1H3. The van der Waals surface area contributed by atoms with E-state index in [-0.39, 0.29) is 18.2 Å². The zero-order valence-electron chi connectivity index (χ0n) is 15.1. The lowest BCUT2D eigenvalue weighted by molar-refractivity contribution is -0.138. The molecule has 1 atom stereocenters. The van der Waals surface area contributed by atoms with Crippen LogP contribution in [0.15, 0.2) is 12.4 Å². The number of carbonyl (C=O) groups is 1. The van der Waals surface area contributed by atoms with E-state index in [2.05, 4.69) is 9.97 Å². The van der Waals surface area contributed by atoms with Crippen LogP contribution >= 0.6 is 0 Å². The number of aryl methyl sites for hydroxylation is 1. The Labute approximate surface area is 149 Å². The van der Waals surface area contributed by atoms with Gasteiger partial charge in [0.05, 0.1) is 25.2 Å². The van der Waals surface area contributed by atoms with E-state index in [0.29, 0.717) is 26.3 Å². The highest BCUT2D eigenvalue weighted by Gasteiger charge is 2.34. The lowest BCUT2D eigenvalue weighted by Crippen LogP contribution is -2.42. The first kappa shape index (κ1) is 18.3. The molecule has 0 spiro atoms. The van der Waals surface area contributed by atoms with Gasteiger partial charge in [-0.15, -0.1) is 0 Å². The summed E-state index contributed by atoms with van der Waals surface area (Å²) in [6.45, 7) is 4.42. The number of amides is 1. The molecule has 1 saturated carbocycles. The first-order valence-corrected chi connectivity index (χ1v) is 9.39. The van der Waals surface area contributed by atoms with Gasteiger partial charge in [-0.2, -0.15) is 0 Å². The van der Waals surface area contributed by atoms with Crippen molar-refractivity contribution in [1.82, 2.24) is 14.9 Å². The molecule has 1 aromatic rings. The Morgan fingerprint density at radius 1 is 1.36 bits per heavy atom. The average Bonchev–Trinajstić information content (AvgIpc) is 2.81. The van der Waals surface area contributed by atoms with Gasteiger partial charge in [0.2, 0.25) is 5.91 Å². The highest BCUT2D eigenvalue weighted by atomic mass is 16.5. The molecule has 1 N–H and O–H groups in total. The lowest BCUT2D eigenvalue weighted by atomic mass is 9.82. The van der Waals surface area contributed by atoms with Gasteiger partial charge in [0, 0.05) is 30.4 Å². The van der Waals surface area contributed by atoms with Crippen molar-refractivity contribution in [2.45, 2.75) is 57.5 Å². The van der Waals surface area contributed by atoms with Crippen LogP contribution in [0.25, 0.3) is 0 Å². The van der Waals surface area contributed by atoms with Crippen molar-refractivity contribution in [3.05, 3.63) is 23.8 Å². The first-order valence-electron chi connectivity index (χ1n) is 9.39. The van der Waals surface area contributed by atoms with Crippen LogP contribution in [0, 0.1) is 12.8 Å². The van der Waals surface area contributed by atoms with Gasteiger partial charge in [0.15, 0.2) is 0 Å². The Balaban J connectivity index is 1.60. The summed E-state index contributed by atoms with van der Waals surface area (Å²) >= 11 is 0. The molecule has 1 amide bonds. The van der Waals surface area contributed by atoms with Crippen molar-refractivity contribution in [1.29, 1.82) is 0 Å². The Morgan fingerprint density at radius 2 is 2.16 bits per heavy atom. The van der Waals surface area contributed by atoms with Gasteiger partial charge in [-0.1, -0.05) is 19.3 Å². The van der Waals surface area contributed by atoms with Crippen LogP contribution in [0.5, 0.6) is 0 Å². The van der Waals surface area contributed by atoms with Crippen molar-refractivity contribution in [3.8, 4) is 0 Å². The van der Waals surface area contributed by atoms with Gasteiger partial charge in [0.1, 0.15) is 6.33 Å². The Kier molecular flexibility index (Phi) is 6.02. The highest BCUT2D eigenvalue weighted by molar-refractivity contribution is 5.77. The van der Waals surface area contributed by atoms with Gasteiger partial charge < -0.3 is 14.7 Å².